The molecule has 0 radical (unpaired) electrons. The quantitative estimate of drug-likeness (QED) is 0.236. The van der Waals surface area contributed by atoms with Crippen LogP contribution in [0.1, 0.15) is 31.7 Å². The van der Waals surface area contributed by atoms with Crippen molar-refractivity contribution in [3.05, 3.63) is 35.9 Å². The van der Waals surface area contributed by atoms with Crippen LogP contribution in [0.3, 0.4) is 0 Å². The molecule has 10 nitrogen and oxygen atoms in total. The summed E-state index contributed by atoms with van der Waals surface area (Å²) in [6.07, 6.45) is -2.54. The lowest BCUT2D eigenvalue weighted by Gasteiger charge is -2.14. The van der Waals surface area contributed by atoms with Gasteiger partial charge in [-0.05, 0) is 12.0 Å². The molecule has 0 saturated carbocycles. The molecular formula is C17H23NO9S. The van der Waals surface area contributed by atoms with E-state index >= 15 is 0 Å². The predicted octanol–water partition coefficient (Wildman–Crippen LogP) is 1.40. The van der Waals surface area contributed by atoms with Gasteiger partial charge in [0.05, 0.1) is 18.6 Å². The summed E-state index contributed by atoms with van der Waals surface area (Å²) in [4.78, 5) is 34.7. The lowest BCUT2D eigenvalue weighted by Crippen LogP contribution is -2.31. The number of amides is 1. The highest BCUT2D eigenvalue weighted by Gasteiger charge is 2.16. The van der Waals surface area contributed by atoms with Gasteiger partial charge in [0.15, 0.2) is 0 Å². The molecule has 2 N–H and O–H groups in total. The zero-order chi connectivity index (χ0) is 21.0. The molecule has 0 aliphatic carbocycles. The third-order valence-electron chi connectivity index (χ3n) is 3.19. The minimum absolute atomic E-state index is 0.00675. The average molecular weight is 417 g/mol. The molecule has 0 fully saturated rings. The van der Waals surface area contributed by atoms with E-state index in [0.717, 1.165) is 5.56 Å². The van der Waals surface area contributed by atoms with Crippen LogP contribution in [0.5, 0.6) is 0 Å². The summed E-state index contributed by atoms with van der Waals surface area (Å²) in [6.45, 7) is 1.36. The molecule has 0 bridgehead atoms. The van der Waals surface area contributed by atoms with E-state index in [0.29, 0.717) is 0 Å². The van der Waals surface area contributed by atoms with Gasteiger partial charge < -0.3 is 19.5 Å². The number of ether oxygens (including phenoxy) is 3. The van der Waals surface area contributed by atoms with Crippen molar-refractivity contribution >= 4 is 28.1 Å². The number of carbonyl (C=O) groups excluding carboxylic acids is 3. The van der Waals surface area contributed by atoms with Crippen molar-refractivity contribution in [3.63, 3.8) is 0 Å². The summed E-state index contributed by atoms with van der Waals surface area (Å²) >= 11 is 0. The van der Waals surface area contributed by atoms with Gasteiger partial charge in [-0.15, -0.1) is 0 Å². The van der Waals surface area contributed by atoms with Gasteiger partial charge in [0.25, 0.3) is 10.1 Å². The van der Waals surface area contributed by atoms with Gasteiger partial charge in [0.1, 0.15) is 6.61 Å². The monoisotopic (exact) mass is 417 g/mol. The standard InChI is InChI=1S/C17H23NO9S/c1-13(27-17(21)18-10-5-11-28(22,23)24)26-16(20)9-8-15(19)25-12-14-6-3-2-4-7-14/h2-4,6-7,13H,5,8-12H2,1H3,(H,18,21)(H,22,23,24). The first-order valence-electron chi connectivity index (χ1n) is 8.44. The van der Waals surface area contributed by atoms with Crippen molar-refractivity contribution in [1.82, 2.24) is 5.32 Å². The van der Waals surface area contributed by atoms with Crippen LogP contribution in [0.4, 0.5) is 4.79 Å². The van der Waals surface area contributed by atoms with Crippen molar-refractivity contribution < 1.29 is 41.6 Å². The zero-order valence-corrected chi connectivity index (χ0v) is 16.1. The molecule has 0 spiro atoms. The van der Waals surface area contributed by atoms with Crippen LogP contribution in [0.15, 0.2) is 30.3 Å². The maximum atomic E-state index is 11.6. The predicted molar refractivity (Wildman–Crippen MR) is 96.5 cm³/mol. The Morgan fingerprint density at radius 3 is 2.36 bits per heavy atom. The number of rotatable bonds is 11. The number of esters is 2. The van der Waals surface area contributed by atoms with Crippen LogP contribution in [0.2, 0.25) is 0 Å². The second-order valence-electron chi connectivity index (χ2n) is 5.68. The molecule has 0 aliphatic heterocycles. The molecule has 1 rings (SSSR count). The van der Waals surface area contributed by atoms with Gasteiger partial charge in [-0.2, -0.15) is 8.42 Å². The molecule has 0 aliphatic rings. The third kappa shape index (κ3) is 11.9. The zero-order valence-electron chi connectivity index (χ0n) is 15.3. The molecule has 1 amide bonds. The van der Waals surface area contributed by atoms with Crippen molar-refractivity contribution in [3.8, 4) is 0 Å². The Bertz CT molecular complexity index is 749. The van der Waals surface area contributed by atoms with Gasteiger partial charge in [0, 0.05) is 13.5 Å². The Balaban J connectivity index is 2.16. The van der Waals surface area contributed by atoms with Gasteiger partial charge >= 0.3 is 18.0 Å². The lowest BCUT2D eigenvalue weighted by molar-refractivity contribution is -0.167. The SMILES string of the molecule is CC(OC(=O)CCC(=O)OCc1ccccc1)OC(=O)NCCCS(=O)(=O)O. The van der Waals surface area contributed by atoms with Gasteiger partial charge in [-0.1, -0.05) is 30.3 Å². The highest BCUT2D eigenvalue weighted by atomic mass is 32.2. The number of hydrogen-bond donors (Lipinski definition) is 2. The van der Waals surface area contributed by atoms with Crippen LogP contribution in [0.25, 0.3) is 0 Å². The molecular weight excluding hydrogens is 394 g/mol. The molecule has 0 aromatic heterocycles. The summed E-state index contributed by atoms with van der Waals surface area (Å²) in [5.74, 6) is -1.81. The van der Waals surface area contributed by atoms with Gasteiger partial charge in [-0.25, -0.2) is 4.79 Å². The highest BCUT2D eigenvalue weighted by molar-refractivity contribution is 7.85. The third-order valence-corrected chi connectivity index (χ3v) is 4.00. The first kappa shape index (κ1) is 23.4. The molecule has 11 heteroatoms. The molecule has 0 saturated heterocycles. The fraction of sp³-hybridized carbons (Fsp3) is 0.471. The van der Waals surface area contributed by atoms with E-state index in [1.807, 2.05) is 18.2 Å². The molecule has 1 unspecified atom stereocenters. The summed E-state index contributed by atoms with van der Waals surface area (Å²) in [5, 5.41) is 2.24. The normalized spacial score (nSPS) is 11.9. The van der Waals surface area contributed by atoms with E-state index in [1.54, 1.807) is 12.1 Å². The Morgan fingerprint density at radius 1 is 1.07 bits per heavy atom. The van der Waals surface area contributed by atoms with E-state index in [9.17, 15) is 22.8 Å². The molecule has 156 valence electrons. The van der Waals surface area contributed by atoms with E-state index in [1.165, 1.54) is 6.92 Å². The van der Waals surface area contributed by atoms with Crippen molar-refractivity contribution in [2.75, 3.05) is 12.3 Å². The van der Waals surface area contributed by atoms with E-state index in [-0.39, 0.29) is 32.4 Å². The van der Waals surface area contributed by atoms with Crippen LogP contribution in [-0.2, 0) is 40.5 Å². The maximum Gasteiger partial charge on any atom is 0.410 e. The second-order valence-corrected chi connectivity index (χ2v) is 7.25. The largest absolute Gasteiger partial charge is 0.461 e. The fourth-order valence-electron chi connectivity index (χ4n) is 1.92. The van der Waals surface area contributed by atoms with Crippen molar-refractivity contribution in [1.29, 1.82) is 0 Å². The molecule has 1 atom stereocenters. The average Bonchev–Trinajstić information content (AvgIpc) is 2.62. The maximum absolute atomic E-state index is 11.6. The van der Waals surface area contributed by atoms with Crippen molar-refractivity contribution in [2.24, 2.45) is 0 Å². The Labute approximate surface area is 162 Å². The minimum Gasteiger partial charge on any atom is -0.461 e. The Hall–Kier alpha value is -2.66. The smallest absolute Gasteiger partial charge is 0.410 e. The van der Waals surface area contributed by atoms with Gasteiger partial charge in [-0.3, -0.25) is 14.1 Å². The second kappa shape index (κ2) is 11.9. The minimum atomic E-state index is -4.09. The van der Waals surface area contributed by atoms with Crippen LogP contribution < -0.4 is 5.32 Å². The number of carbonyl (C=O) groups is 3. The first-order chi connectivity index (χ1) is 13.2. The van der Waals surface area contributed by atoms with Gasteiger partial charge in [0.2, 0.25) is 6.29 Å². The number of nitrogens with one attached hydrogen (secondary N) is 1. The van der Waals surface area contributed by atoms with Crippen molar-refractivity contribution in [2.45, 2.75) is 39.1 Å². The summed E-state index contributed by atoms with van der Waals surface area (Å²) < 4.78 is 44.2. The summed E-state index contributed by atoms with van der Waals surface area (Å²) in [5.41, 5.74) is 0.822. The number of alkyl carbamates (subject to hydrolysis) is 1. The van der Waals surface area contributed by atoms with Crippen LogP contribution in [0, 0.1) is 0 Å². The number of hydrogen-bond acceptors (Lipinski definition) is 8. The van der Waals surface area contributed by atoms with Crippen LogP contribution in [-0.4, -0.2) is 49.6 Å². The molecule has 1 aromatic carbocycles. The highest BCUT2D eigenvalue weighted by Crippen LogP contribution is 2.05. The topological polar surface area (TPSA) is 145 Å². The summed E-state index contributed by atoms with van der Waals surface area (Å²) in [7, 11) is -4.09. The van der Waals surface area contributed by atoms with Crippen LogP contribution >= 0.6 is 0 Å². The molecule has 1 aromatic rings. The molecule has 28 heavy (non-hydrogen) atoms. The Kier molecular flexibility index (Phi) is 9.96. The van der Waals surface area contributed by atoms with E-state index < -0.39 is 40.2 Å². The van der Waals surface area contributed by atoms with E-state index in [2.05, 4.69) is 5.32 Å². The lowest BCUT2D eigenvalue weighted by atomic mass is 10.2. The number of benzene rings is 1. The first-order valence-corrected chi connectivity index (χ1v) is 10.1. The fourth-order valence-corrected chi connectivity index (χ4v) is 2.43. The Morgan fingerprint density at radius 2 is 1.71 bits per heavy atom. The summed E-state index contributed by atoms with van der Waals surface area (Å²) in [6, 6.07) is 9.06. The van der Waals surface area contributed by atoms with E-state index in [4.69, 9.17) is 18.8 Å². The molecule has 0 heterocycles.